The van der Waals surface area contributed by atoms with Crippen LogP contribution >= 0.6 is 0 Å². The van der Waals surface area contributed by atoms with Crippen LogP contribution in [0.2, 0.25) is 0 Å². The van der Waals surface area contributed by atoms with Gasteiger partial charge in [-0.1, -0.05) is 12.1 Å². The molecule has 0 aliphatic rings. The van der Waals surface area contributed by atoms with Crippen LogP contribution in [0, 0.1) is 5.82 Å². The van der Waals surface area contributed by atoms with Gasteiger partial charge in [0.05, 0.1) is 0 Å². The first-order chi connectivity index (χ1) is 10.8. The molecule has 1 aromatic heterocycles. The fourth-order valence-corrected chi connectivity index (χ4v) is 1.67. The van der Waals surface area contributed by atoms with E-state index in [0.717, 1.165) is 0 Å². The van der Waals surface area contributed by atoms with Crippen molar-refractivity contribution in [1.29, 1.82) is 0 Å². The van der Waals surface area contributed by atoms with Gasteiger partial charge >= 0.3 is 0 Å². The van der Waals surface area contributed by atoms with Crippen LogP contribution in [-0.2, 0) is 0 Å². The second kappa shape index (κ2) is 8.91. The highest BCUT2D eigenvalue weighted by Crippen LogP contribution is 2.14. The molecule has 118 valence electrons. The summed E-state index contributed by atoms with van der Waals surface area (Å²) in [6.45, 7) is 1.23. The third kappa shape index (κ3) is 5.63. The standard InChI is InChI=1S/C15H18FN3O3/c16-13-4-1-2-5-14(13)21-9-8-17-10-12(20)11-22-15-6-3-7-18-19-15/h1-7,12,17,20H,8-11H2. The lowest BCUT2D eigenvalue weighted by atomic mass is 10.3. The lowest BCUT2D eigenvalue weighted by molar-refractivity contribution is 0.102. The Bertz CT molecular complexity index is 557. The van der Waals surface area contributed by atoms with E-state index in [1.54, 1.807) is 36.5 Å². The summed E-state index contributed by atoms with van der Waals surface area (Å²) in [7, 11) is 0. The van der Waals surface area contributed by atoms with Crippen LogP contribution in [0.15, 0.2) is 42.6 Å². The van der Waals surface area contributed by atoms with Gasteiger partial charge in [0.1, 0.15) is 19.3 Å². The monoisotopic (exact) mass is 307 g/mol. The minimum atomic E-state index is -0.685. The summed E-state index contributed by atoms with van der Waals surface area (Å²) in [5.41, 5.74) is 0. The van der Waals surface area contributed by atoms with Crippen LogP contribution in [-0.4, -0.2) is 47.7 Å². The molecular formula is C15H18FN3O3. The Kier molecular flexibility index (Phi) is 6.53. The van der Waals surface area contributed by atoms with E-state index in [-0.39, 0.29) is 18.2 Å². The van der Waals surface area contributed by atoms with E-state index in [0.29, 0.717) is 25.6 Å². The van der Waals surface area contributed by atoms with Crippen molar-refractivity contribution >= 4 is 0 Å². The molecule has 0 spiro atoms. The van der Waals surface area contributed by atoms with Crippen molar-refractivity contribution in [2.75, 3.05) is 26.3 Å². The summed E-state index contributed by atoms with van der Waals surface area (Å²) >= 11 is 0. The van der Waals surface area contributed by atoms with Crippen LogP contribution in [0.5, 0.6) is 11.6 Å². The SMILES string of the molecule is OC(CNCCOc1ccccc1F)COc1cccnn1. The second-order valence-electron chi connectivity index (χ2n) is 4.51. The summed E-state index contributed by atoms with van der Waals surface area (Å²) in [5.74, 6) is 0.195. The molecule has 0 saturated carbocycles. The van der Waals surface area contributed by atoms with E-state index in [2.05, 4.69) is 15.5 Å². The Morgan fingerprint density at radius 2 is 2.05 bits per heavy atom. The molecule has 2 aromatic rings. The van der Waals surface area contributed by atoms with E-state index in [1.807, 2.05) is 0 Å². The maximum absolute atomic E-state index is 13.3. The molecule has 0 bridgehead atoms. The smallest absolute Gasteiger partial charge is 0.233 e. The van der Waals surface area contributed by atoms with Crippen molar-refractivity contribution in [1.82, 2.24) is 15.5 Å². The molecule has 0 saturated heterocycles. The quantitative estimate of drug-likeness (QED) is 0.674. The average Bonchev–Trinajstić information content (AvgIpc) is 2.55. The normalized spacial score (nSPS) is 11.9. The molecular weight excluding hydrogens is 289 g/mol. The lowest BCUT2D eigenvalue weighted by Crippen LogP contribution is -2.33. The van der Waals surface area contributed by atoms with Crippen LogP contribution in [0.1, 0.15) is 0 Å². The van der Waals surface area contributed by atoms with Gasteiger partial charge in [0.2, 0.25) is 5.88 Å². The molecule has 1 aromatic carbocycles. The number of nitrogens with one attached hydrogen (secondary N) is 1. The Morgan fingerprint density at radius 3 is 2.82 bits per heavy atom. The highest BCUT2D eigenvalue weighted by Gasteiger charge is 2.06. The van der Waals surface area contributed by atoms with E-state index < -0.39 is 6.10 Å². The van der Waals surface area contributed by atoms with Gasteiger partial charge in [-0.25, -0.2) is 4.39 Å². The fourth-order valence-electron chi connectivity index (χ4n) is 1.67. The maximum atomic E-state index is 13.3. The molecule has 2 N–H and O–H groups in total. The van der Waals surface area contributed by atoms with Gasteiger partial charge in [-0.15, -0.1) is 5.10 Å². The van der Waals surface area contributed by atoms with Crippen molar-refractivity contribution < 1.29 is 19.0 Å². The number of para-hydroxylation sites is 1. The molecule has 0 amide bonds. The number of hydrogen-bond acceptors (Lipinski definition) is 6. The molecule has 1 heterocycles. The molecule has 7 heteroatoms. The zero-order chi connectivity index (χ0) is 15.6. The molecule has 0 aliphatic carbocycles. The molecule has 0 aliphatic heterocycles. The minimum absolute atomic E-state index is 0.111. The van der Waals surface area contributed by atoms with Gasteiger partial charge in [-0.2, -0.15) is 5.10 Å². The first-order valence-electron chi connectivity index (χ1n) is 6.92. The third-order valence-electron chi connectivity index (χ3n) is 2.72. The van der Waals surface area contributed by atoms with Crippen molar-refractivity contribution in [2.45, 2.75) is 6.10 Å². The van der Waals surface area contributed by atoms with E-state index >= 15 is 0 Å². The maximum Gasteiger partial charge on any atom is 0.233 e. The molecule has 1 atom stereocenters. The van der Waals surface area contributed by atoms with Gasteiger partial charge in [0.25, 0.3) is 0 Å². The van der Waals surface area contributed by atoms with Crippen molar-refractivity contribution in [3.63, 3.8) is 0 Å². The van der Waals surface area contributed by atoms with E-state index in [4.69, 9.17) is 9.47 Å². The molecule has 22 heavy (non-hydrogen) atoms. The van der Waals surface area contributed by atoms with Gasteiger partial charge in [-0.3, -0.25) is 0 Å². The topological polar surface area (TPSA) is 76.5 Å². The largest absolute Gasteiger partial charge is 0.489 e. The van der Waals surface area contributed by atoms with Gasteiger partial charge < -0.3 is 19.9 Å². The van der Waals surface area contributed by atoms with Crippen LogP contribution in [0.4, 0.5) is 4.39 Å². The zero-order valence-electron chi connectivity index (χ0n) is 12.0. The number of nitrogens with zero attached hydrogens (tertiary/aromatic N) is 2. The van der Waals surface area contributed by atoms with Gasteiger partial charge in [0.15, 0.2) is 11.6 Å². The van der Waals surface area contributed by atoms with Crippen molar-refractivity contribution in [2.24, 2.45) is 0 Å². The number of ether oxygens (including phenoxy) is 2. The van der Waals surface area contributed by atoms with Gasteiger partial charge in [-0.05, 0) is 18.2 Å². The number of aliphatic hydroxyl groups excluding tert-OH is 1. The molecule has 6 nitrogen and oxygen atoms in total. The number of benzene rings is 1. The van der Waals surface area contributed by atoms with Gasteiger partial charge in [0, 0.05) is 25.4 Å². The number of aromatic nitrogens is 2. The van der Waals surface area contributed by atoms with E-state index in [9.17, 15) is 9.50 Å². The Morgan fingerprint density at radius 1 is 1.18 bits per heavy atom. The third-order valence-corrected chi connectivity index (χ3v) is 2.72. The Balaban J connectivity index is 1.56. The van der Waals surface area contributed by atoms with Crippen molar-refractivity contribution in [3.8, 4) is 11.6 Å². The highest BCUT2D eigenvalue weighted by molar-refractivity contribution is 5.23. The highest BCUT2D eigenvalue weighted by atomic mass is 19.1. The summed E-state index contributed by atoms with van der Waals surface area (Å²) < 4.78 is 23.8. The Labute approximate surface area is 127 Å². The summed E-state index contributed by atoms with van der Waals surface area (Å²) in [6, 6.07) is 9.59. The minimum Gasteiger partial charge on any atom is -0.489 e. The average molecular weight is 307 g/mol. The lowest BCUT2D eigenvalue weighted by Gasteiger charge is -2.13. The number of rotatable bonds is 9. The first kappa shape index (κ1) is 16.1. The van der Waals surface area contributed by atoms with E-state index in [1.165, 1.54) is 6.07 Å². The molecule has 1 unspecified atom stereocenters. The molecule has 0 fully saturated rings. The van der Waals surface area contributed by atoms with Crippen molar-refractivity contribution in [3.05, 3.63) is 48.4 Å². The fraction of sp³-hybridized carbons (Fsp3) is 0.333. The number of hydrogen-bond donors (Lipinski definition) is 2. The summed E-state index contributed by atoms with van der Waals surface area (Å²) in [4.78, 5) is 0. The van der Waals surface area contributed by atoms with Crippen LogP contribution in [0.3, 0.4) is 0 Å². The predicted octanol–water partition coefficient (Wildman–Crippen LogP) is 1.02. The zero-order valence-corrected chi connectivity index (χ0v) is 12.0. The molecule has 0 radical (unpaired) electrons. The predicted molar refractivity (Wildman–Crippen MR) is 78.3 cm³/mol. The Hall–Kier alpha value is -2.25. The van der Waals surface area contributed by atoms with Crippen LogP contribution in [0.25, 0.3) is 0 Å². The number of halogens is 1. The second-order valence-corrected chi connectivity index (χ2v) is 4.51. The first-order valence-corrected chi connectivity index (χ1v) is 6.92. The number of aliphatic hydroxyl groups is 1. The van der Waals surface area contributed by atoms with Crippen LogP contribution < -0.4 is 14.8 Å². The summed E-state index contributed by atoms with van der Waals surface area (Å²) in [5, 5.41) is 20.1. The molecule has 2 rings (SSSR count). The summed E-state index contributed by atoms with van der Waals surface area (Å²) in [6.07, 6.45) is 0.857.